The standard InChI is InChI=1S/C23H33N7O.HI/c1-3-25-23(29-11-8-18(2)21(15-29)30-12-9-24-17-30)27-14-19-4-6-20(7-5-19)28-13-10-26-22(31)16-28;/h4-7,9,12,17-18,21H,3,8,10-11,13-16H2,1-2H3,(H,25,27)(H,26,31);1H. The van der Waals surface area contributed by atoms with Gasteiger partial charge in [0, 0.05) is 50.8 Å². The third kappa shape index (κ3) is 5.93. The molecule has 2 N–H and O–H groups in total. The summed E-state index contributed by atoms with van der Waals surface area (Å²) < 4.78 is 2.22. The molecular weight excluding hydrogens is 517 g/mol. The number of likely N-dealkylation sites (tertiary alicyclic amines) is 1. The fraction of sp³-hybridized carbons (Fsp3) is 0.522. The molecule has 8 nitrogen and oxygen atoms in total. The number of nitrogens with one attached hydrogen (secondary N) is 2. The molecule has 0 radical (unpaired) electrons. The Morgan fingerprint density at radius 1 is 1.28 bits per heavy atom. The van der Waals surface area contributed by atoms with Crippen LogP contribution < -0.4 is 15.5 Å². The van der Waals surface area contributed by atoms with Gasteiger partial charge in [0.05, 0.1) is 25.5 Å². The number of aromatic nitrogens is 2. The van der Waals surface area contributed by atoms with Gasteiger partial charge < -0.3 is 25.0 Å². The number of imidazole rings is 1. The molecule has 0 spiro atoms. The van der Waals surface area contributed by atoms with Crippen molar-refractivity contribution in [2.75, 3.05) is 44.2 Å². The fourth-order valence-electron chi connectivity index (χ4n) is 4.36. The van der Waals surface area contributed by atoms with E-state index in [1.54, 1.807) is 0 Å². The summed E-state index contributed by atoms with van der Waals surface area (Å²) in [5.74, 6) is 1.66. The van der Waals surface area contributed by atoms with Crippen molar-refractivity contribution < 1.29 is 4.79 Å². The number of piperidine rings is 1. The molecule has 3 heterocycles. The lowest BCUT2D eigenvalue weighted by molar-refractivity contribution is -0.120. The molecule has 174 valence electrons. The van der Waals surface area contributed by atoms with Gasteiger partial charge in [0.2, 0.25) is 5.91 Å². The van der Waals surface area contributed by atoms with E-state index < -0.39 is 0 Å². The smallest absolute Gasteiger partial charge is 0.239 e. The van der Waals surface area contributed by atoms with Gasteiger partial charge in [0.15, 0.2) is 5.96 Å². The normalized spacial score (nSPS) is 21.7. The number of hydrogen-bond donors (Lipinski definition) is 2. The van der Waals surface area contributed by atoms with E-state index in [9.17, 15) is 4.79 Å². The monoisotopic (exact) mass is 551 g/mol. The molecule has 2 aliphatic rings. The van der Waals surface area contributed by atoms with Crippen LogP contribution in [0.3, 0.4) is 0 Å². The molecule has 1 aromatic carbocycles. The molecule has 32 heavy (non-hydrogen) atoms. The van der Waals surface area contributed by atoms with Crippen LogP contribution in [0.15, 0.2) is 48.0 Å². The number of guanidine groups is 1. The van der Waals surface area contributed by atoms with Crippen molar-refractivity contribution in [1.82, 2.24) is 25.1 Å². The van der Waals surface area contributed by atoms with E-state index in [2.05, 4.69) is 74.3 Å². The van der Waals surface area contributed by atoms with Gasteiger partial charge in [-0.25, -0.2) is 9.98 Å². The molecule has 4 rings (SSSR count). The highest BCUT2D eigenvalue weighted by molar-refractivity contribution is 14.0. The van der Waals surface area contributed by atoms with Crippen LogP contribution >= 0.6 is 24.0 Å². The van der Waals surface area contributed by atoms with Gasteiger partial charge in [-0.3, -0.25) is 4.79 Å². The maximum Gasteiger partial charge on any atom is 0.239 e. The van der Waals surface area contributed by atoms with E-state index in [1.165, 1.54) is 0 Å². The number of benzene rings is 1. The summed E-state index contributed by atoms with van der Waals surface area (Å²) in [4.78, 5) is 25.3. The Kier molecular flexibility index (Phi) is 8.77. The SMILES string of the molecule is CCNC(=NCc1ccc(N2CCNC(=O)C2)cc1)N1CCC(C)C(n2ccnc2)C1.I. The number of hydrogen-bond acceptors (Lipinski definition) is 4. The first-order chi connectivity index (χ1) is 15.1. The average Bonchev–Trinajstić information content (AvgIpc) is 3.32. The molecule has 0 bridgehead atoms. The van der Waals surface area contributed by atoms with Gasteiger partial charge >= 0.3 is 0 Å². The highest BCUT2D eigenvalue weighted by Gasteiger charge is 2.28. The minimum Gasteiger partial charge on any atom is -0.360 e. The second-order valence-electron chi connectivity index (χ2n) is 8.40. The van der Waals surface area contributed by atoms with Crippen LogP contribution in [-0.4, -0.2) is 65.6 Å². The highest BCUT2D eigenvalue weighted by Crippen LogP contribution is 2.27. The molecule has 0 saturated carbocycles. The van der Waals surface area contributed by atoms with Crippen molar-refractivity contribution in [1.29, 1.82) is 0 Å². The average molecular weight is 551 g/mol. The van der Waals surface area contributed by atoms with Crippen LogP contribution in [0.1, 0.15) is 31.9 Å². The van der Waals surface area contributed by atoms with Crippen molar-refractivity contribution in [2.45, 2.75) is 32.9 Å². The Labute approximate surface area is 207 Å². The molecule has 1 aromatic heterocycles. The topological polar surface area (TPSA) is 77.8 Å². The summed E-state index contributed by atoms with van der Waals surface area (Å²) in [7, 11) is 0. The Morgan fingerprint density at radius 2 is 2.09 bits per heavy atom. The number of carbonyl (C=O) groups excluding carboxylic acids is 1. The minimum absolute atomic E-state index is 0. The van der Waals surface area contributed by atoms with Gasteiger partial charge in [0.1, 0.15) is 0 Å². The predicted octanol–water partition coefficient (Wildman–Crippen LogP) is 2.49. The summed E-state index contributed by atoms with van der Waals surface area (Å²) >= 11 is 0. The fourth-order valence-corrected chi connectivity index (χ4v) is 4.36. The summed E-state index contributed by atoms with van der Waals surface area (Å²) in [5.41, 5.74) is 2.25. The van der Waals surface area contributed by atoms with E-state index in [1.807, 2.05) is 12.5 Å². The lowest BCUT2D eigenvalue weighted by atomic mass is 9.93. The second kappa shape index (κ2) is 11.5. The molecule has 9 heteroatoms. The van der Waals surface area contributed by atoms with Crippen LogP contribution in [0.4, 0.5) is 5.69 Å². The lowest BCUT2D eigenvalue weighted by Gasteiger charge is -2.39. The van der Waals surface area contributed by atoms with Gasteiger partial charge in [-0.2, -0.15) is 0 Å². The number of carbonyl (C=O) groups is 1. The van der Waals surface area contributed by atoms with E-state index in [4.69, 9.17) is 4.99 Å². The first kappa shape index (κ1) is 24.3. The predicted molar refractivity (Wildman–Crippen MR) is 139 cm³/mol. The van der Waals surface area contributed by atoms with Crippen LogP contribution in [0.2, 0.25) is 0 Å². The lowest BCUT2D eigenvalue weighted by Crippen LogP contribution is -2.49. The number of rotatable bonds is 5. The third-order valence-electron chi connectivity index (χ3n) is 6.21. The number of anilines is 1. The van der Waals surface area contributed by atoms with E-state index in [0.717, 1.165) is 49.8 Å². The maximum absolute atomic E-state index is 11.6. The Hall–Kier alpha value is -2.30. The maximum atomic E-state index is 11.6. The Bertz CT molecular complexity index is 884. The van der Waals surface area contributed by atoms with Crippen LogP contribution in [-0.2, 0) is 11.3 Å². The van der Waals surface area contributed by atoms with E-state index in [0.29, 0.717) is 31.6 Å². The zero-order valence-corrected chi connectivity index (χ0v) is 21.2. The molecule has 2 saturated heterocycles. The van der Waals surface area contributed by atoms with E-state index in [-0.39, 0.29) is 29.9 Å². The summed E-state index contributed by atoms with van der Waals surface area (Å²) in [6.07, 6.45) is 6.96. The molecule has 2 aromatic rings. The summed E-state index contributed by atoms with van der Waals surface area (Å²) in [6, 6.07) is 8.81. The molecule has 2 fully saturated rings. The molecular formula is C23H34IN7O. The summed E-state index contributed by atoms with van der Waals surface area (Å²) in [6.45, 7) is 9.81. The van der Waals surface area contributed by atoms with Gasteiger partial charge in [-0.1, -0.05) is 19.1 Å². The van der Waals surface area contributed by atoms with Crippen molar-refractivity contribution in [3.8, 4) is 0 Å². The van der Waals surface area contributed by atoms with Crippen LogP contribution in [0, 0.1) is 5.92 Å². The Balaban J connectivity index is 0.00000289. The van der Waals surface area contributed by atoms with Gasteiger partial charge in [-0.15, -0.1) is 24.0 Å². The van der Waals surface area contributed by atoms with Crippen molar-refractivity contribution in [2.24, 2.45) is 10.9 Å². The molecule has 0 aliphatic carbocycles. The summed E-state index contributed by atoms with van der Waals surface area (Å²) in [5, 5.41) is 6.34. The molecule has 1 amide bonds. The molecule has 2 unspecified atom stereocenters. The number of amides is 1. The zero-order chi connectivity index (χ0) is 21.6. The number of piperazine rings is 1. The first-order valence-electron chi connectivity index (χ1n) is 11.3. The van der Waals surface area contributed by atoms with Crippen molar-refractivity contribution >= 4 is 41.5 Å². The molecule has 2 atom stereocenters. The number of nitrogens with zero attached hydrogens (tertiary/aromatic N) is 5. The van der Waals surface area contributed by atoms with Crippen molar-refractivity contribution in [3.63, 3.8) is 0 Å². The second-order valence-corrected chi connectivity index (χ2v) is 8.40. The van der Waals surface area contributed by atoms with Crippen molar-refractivity contribution in [3.05, 3.63) is 48.5 Å². The third-order valence-corrected chi connectivity index (χ3v) is 6.21. The Morgan fingerprint density at radius 3 is 2.78 bits per heavy atom. The largest absolute Gasteiger partial charge is 0.360 e. The van der Waals surface area contributed by atoms with Gasteiger partial charge in [0.25, 0.3) is 0 Å². The number of aliphatic imine (C=N–C) groups is 1. The van der Waals surface area contributed by atoms with Crippen LogP contribution in [0.25, 0.3) is 0 Å². The zero-order valence-electron chi connectivity index (χ0n) is 18.9. The number of halogens is 1. The van der Waals surface area contributed by atoms with Gasteiger partial charge in [-0.05, 0) is 37.0 Å². The first-order valence-corrected chi connectivity index (χ1v) is 11.3. The molecule has 2 aliphatic heterocycles. The quantitative estimate of drug-likeness (QED) is 0.340. The van der Waals surface area contributed by atoms with Crippen LogP contribution in [0.5, 0.6) is 0 Å². The van der Waals surface area contributed by atoms with E-state index >= 15 is 0 Å². The minimum atomic E-state index is 0. The highest BCUT2D eigenvalue weighted by atomic mass is 127.